The summed E-state index contributed by atoms with van der Waals surface area (Å²) in [5.41, 5.74) is 3.09. The van der Waals surface area contributed by atoms with Crippen molar-refractivity contribution in [3.05, 3.63) is 96.1 Å². The van der Waals surface area contributed by atoms with E-state index in [1.165, 1.54) is 30.2 Å². The van der Waals surface area contributed by atoms with E-state index in [2.05, 4.69) is 72.8 Å². The predicted molar refractivity (Wildman–Crippen MR) is 129 cm³/mol. The minimum Gasteiger partial charge on any atom is -0.508 e. The van der Waals surface area contributed by atoms with Gasteiger partial charge in [0.25, 0.3) is 0 Å². The number of hydrogen-bond donors (Lipinski definition) is 2. The lowest BCUT2D eigenvalue weighted by molar-refractivity contribution is -0.114. The van der Waals surface area contributed by atoms with Crippen molar-refractivity contribution in [2.75, 3.05) is 32.6 Å². The van der Waals surface area contributed by atoms with Crippen LogP contribution in [0.4, 0.5) is 5.69 Å². The highest BCUT2D eigenvalue weighted by Gasteiger charge is 2.13. The molecule has 6 heteroatoms. The van der Waals surface area contributed by atoms with E-state index in [1.807, 2.05) is 12.1 Å². The Bertz CT molecular complexity index is 833. The minimum absolute atomic E-state index is 0. The number of aromatic hydroxyl groups is 1. The van der Waals surface area contributed by atoms with Gasteiger partial charge < -0.3 is 20.1 Å². The summed E-state index contributed by atoms with van der Waals surface area (Å²) in [7, 11) is 4.12. The van der Waals surface area contributed by atoms with Crippen molar-refractivity contribution in [3.63, 3.8) is 0 Å². The molecule has 2 N–H and O–H groups in total. The number of carbonyl (C=O) groups is 1. The number of rotatable bonds is 7. The molecular formula is C25H31ClN2O3. The number of ether oxygens (including phenoxy) is 1. The fourth-order valence-corrected chi connectivity index (χ4v) is 2.74. The van der Waals surface area contributed by atoms with E-state index in [0.717, 1.165) is 13.2 Å². The molecule has 31 heavy (non-hydrogen) atoms. The summed E-state index contributed by atoms with van der Waals surface area (Å²) < 4.78 is 6.08. The number of hydrogen-bond acceptors (Lipinski definition) is 4. The van der Waals surface area contributed by atoms with Crippen molar-refractivity contribution in [2.24, 2.45) is 0 Å². The molecule has 0 aromatic heterocycles. The van der Waals surface area contributed by atoms with Gasteiger partial charge in [0.1, 0.15) is 11.9 Å². The number of nitrogens with one attached hydrogen (secondary N) is 1. The Morgan fingerprint density at radius 2 is 1.39 bits per heavy atom. The summed E-state index contributed by atoms with van der Waals surface area (Å²) in [5.74, 6) is 0.0785. The largest absolute Gasteiger partial charge is 0.508 e. The van der Waals surface area contributed by atoms with Crippen LogP contribution in [-0.4, -0.2) is 43.2 Å². The molecule has 5 nitrogen and oxygen atoms in total. The average Bonchev–Trinajstić information content (AvgIpc) is 2.74. The highest BCUT2D eigenvalue weighted by atomic mass is 35.5. The minimum atomic E-state index is -0.115. The number of benzene rings is 3. The van der Waals surface area contributed by atoms with Crippen LogP contribution >= 0.6 is 12.4 Å². The molecule has 0 spiro atoms. The van der Waals surface area contributed by atoms with Crippen molar-refractivity contribution in [3.8, 4) is 5.75 Å². The van der Waals surface area contributed by atoms with Crippen LogP contribution in [0.3, 0.4) is 0 Å². The van der Waals surface area contributed by atoms with Crippen LogP contribution in [0.25, 0.3) is 0 Å². The zero-order chi connectivity index (χ0) is 21.8. The van der Waals surface area contributed by atoms with Crippen molar-refractivity contribution in [2.45, 2.75) is 13.0 Å². The van der Waals surface area contributed by atoms with E-state index < -0.39 is 0 Å². The molecule has 0 aliphatic heterocycles. The molecule has 0 saturated heterocycles. The number of carbonyl (C=O) groups excluding carboxylic acids is 1. The number of anilines is 1. The second kappa shape index (κ2) is 14.2. The third-order valence-corrected chi connectivity index (χ3v) is 4.22. The van der Waals surface area contributed by atoms with Crippen LogP contribution in [-0.2, 0) is 9.53 Å². The highest BCUT2D eigenvalue weighted by molar-refractivity contribution is 5.88. The van der Waals surface area contributed by atoms with Crippen LogP contribution in [0, 0.1) is 0 Å². The summed E-state index contributed by atoms with van der Waals surface area (Å²) >= 11 is 0. The van der Waals surface area contributed by atoms with Crippen molar-refractivity contribution >= 4 is 24.0 Å². The topological polar surface area (TPSA) is 61.8 Å². The average molecular weight is 443 g/mol. The Labute approximate surface area is 191 Å². The van der Waals surface area contributed by atoms with Crippen molar-refractivity contribution < 1.29 is 14.6 Å². The van der Waals surface area contributed by atoms with Gasteiger partial charge >= 0.3 is 0 Å². The van der Waals surface area contributed by atoms with E-state index in [-0.39, 0.29) is 30.2 Å². The molecule has 166 valence electrons. The molecule has 0 atom stereocenters. The molecule has 0 unspecified atom stereocenters. The number of amides is 1. The van der Waals surface area contributed by atoms with Gasteiger partial charge in [0.15, 0.2) is 0 Å². The first kappa shape index (κ1) is 26.2. The van der Waals surface area contributed by atoms with Crippen LogP contribution < -0.4 is 5.32 Å². The van der Waals surface area contributed by atoms with Crippen LogP contribution in [0.5, 0.6) is 5.75 Å². The fraction of sp³-hybridized carbons (Fsp3) is 0.240. The smallest absolute Gasteiger partial charge is 0.221 e. The standard InChI is InChI=1S/C17H21NO.C8H9NO2.ClH/c1-18(2)13-14-19-17(15-9-5-3-6-10-15)16-11-7-4-8-12-16;1-6(10)9-7-2-4-8(11)5-3-7;/h3-12,17H,13-14H2,1-2H3;2-5,11H,1H3,(H,9,10);1H. The predicted octanol–water partition coefficient (Wildman–Crippen LogP) is 5.13. The van der Waals surface area contributed by atoms with Crippen LogP contribution in [0.2, 0.25) is 0 Å². The maximum atomic E-state index is 10.5. The Morgan fingerprint density at radius 3 is 1.81 bits per heavy atom. The van der Waals surface area contributed by atoms with E-state index >= 15 is 0 Å². The monoisotopic (exact) mass is 442 g/mol. The van der Waals surface area contributed by atoms with E-state index in [1.54, 1.807) is 12.1 Å². The quantitative estimate of drug-likeness (QED) is 0.498. The van der Waals surface area contributed by atoms with E-state index in [9.17, 15) is 4.79 Å². The number of halogens is 1. The molecule has 0 aliphatic rings. The van der Waals surface area contributed by atoms with Crippen LogP contribution in [0.1, 0.15) is 24.2 Å². The van der Waals surface area contributed by atoms with Crippen molar-refractivity contribution in [1.82, 2.24) is 4.90 Å². The van der Waals surface area contributed by atoms with Gasteiger partial charge in [0.2, 0.25) is 5.91 Å². The molecule has 3 aromatic carbocycles. The number of likely N-dealkylation sites (N-methyl/N-ethyl adjacent to an activating group) is 1. The first-order chi connectivity index (χ1) is 14.5. The molecule has 0 saturated carbocycles. The molecule has 0 heterocycles. The Hall–Kier alpha value is -2.86. The zero-order valence-electron chi connectivity index (χ0n) is 18.2. The Kier molecular flexibility index (Phi) is 12.0. The number of phenols is 1. The lowest BCUT2D eigenvalue weighted by Gasteiger charge is -2.20. The molecular weight excluding hydrogens is 412 g/mol. The Balaban J connectivity index is 0.000000344. The van der Waals surface area contributed by atoms with Gasteiger partial charge in [-0.2, -0.15) is 0 Å². The van der Waals surface area contributed by atoms with Gasteiger partial charge in [-0.25, -0.2) is 0 Å². The van der Waals surface area contributed by atoms with E-state index in [4.69, 9.17) is 9.84 Å². The maximum Gasteiger partial charge on any atom is 0.221 e. The molecule has 0 aliphatic carbocycles. The molecule has 0 bridgehead atoms. The first-order valence-electron chi connectivity index (χ1n) is 9.88. The lowest BCUT2D eigenvalue weighted by Crippen LogP contribution is -2.20. The van der Waals surface area contributed by atoms with Gasteiger partial charge in [-0.1, -0.05) is 60.7 Å². The Morgan fingerprint density at radius 1 is 0.903 bits per heavy atom. The molecule has 3 rings (SSSR count). The third-order valence-electron chi connectivity index (χ3n) is 4.22. The van der Waals surface area contributed by atoms with Gasteiger partial charge in [-0.3, -0.25) is 4.79 Å². The van der Waals surface area contributed by atoms with Gasteiger partial charge in [-0.15, -0.1) is 12.4 Å². The second-order valence-electron chi connectivity index (χ2n) is 7.10. The summed E-state index contributed by atoms with van der Waals surface area (Å²) in [6.07, 6.45) is 0.0161. The summed E-state index contributed by atoms with van der Waals surface area (Å²) in [6, 6.07) is 27.1. The fourth-order valence-electron chi connectivity index (χ4n) is 2.74. The lowest BCUT2D eigenvalue weighted by atomic mass is 10.0. The highest BCUT2D eigenvalue weighted by Crippen LogP contribution is 2.25. The number of nitrogens with zero attached hydrogens (tertiary/aromatic N) is 1. The zero-order valence-corrected chi connectivity index (χ0v) is 19.0. The van der Waals surface area contributed by atoms with Gasteiger partial charge in [-0.05, 0) is 49.5 Å². The van der Waals surface area contributed by atoms with Gasteiger partial charge in [0.05, 0.1) is 6.61 Å². The first-order valence-corrected chi connectivity index (χ1v) is 9.88. The summed E-state index contributed by atoms with van der Waals surface area (Å²) in [4.78, 5) is 12.7. The SMILES string of the molecule is CC(=O)Nc1ccc(O)cc1.CN(C)CCOC(c1ccccc1)c1ccccc1.Cl. The van der Waals surface area contributed by atoms with E-state index in [0.29, 0.717) is 5.69 Å². The normalized spacial score (nSPS) is 10.1. The summed E-state index contributed by atoms with van der Waals surface area (Å²) in [6.45, 7) is 3.09. The molecule has 0 radical (unpaired) electrons. The number of phenolic OH excluding ortho intramolecular Hbond substituents is 1. The molecule has 1 amide bonds. The summed E-state index contributed by atoms with van der Waals surface area (Å²) in [5, 5.41) is 11.5. The maximum absolute atomic E-state index is 10.5. The molecule has 3 aromatic rings. The third kappa shape index (κ3) is 10.1. The second-order valence-corrected chi connectivity index (χ2v) is 7.10. The molecule has 0 fully saturated rings. The van der Waals surface area contributed by atoms with Gasteiger partial charge in [0, 0.05) is 19.2 Å². The van der Waals surface area contributed by atoms with Crippen LogP contribution in [0.15, 0.2) is 84.9 Å². The van der Waals surface area contributed by atoms with Crippen molar-refractivity contribution in [1.29, 1.82) is 0 Å².